The number of nitrogens with one attached hydrogen (secondary N) is 1. The lowest BCUT2D eigenvalue weighted by Gasteiger charge is -2.21. The van der Waals surface area contributed by atoms with Crippen LogP contribution in [0.3, 0.4) is 0 Å². The van der Waals surface area contributed by atoms with Gasteiger partial charge in [-0.25, -0.2) is 4.98 Å². The van der Waals surface area contributed by atoms with Gasteiger partial charge in [0.1, 0.15) is 5.15 Å². The van der Waals surface area contributed by atoms with Crippen molar-refractivity contribution in [1.82, 2.24) is 4.98 Å². The smallest absolute Gasteiger partial charge is 0.227 e. The Labute approximate surface area is 154 Å². The number of carbonyl (C=O) groups excluding carboxylic acids is 1. The highest BCUT2D eigenvalue weighted by atomic mass is 35.5. The van der Waals surface area contributed by atoms with E-state index in [1.165, 1.54) is 11.8 Å². The summed E-state index contributed by atoms with van der Waals surface area (Å²) in [5.74, 6) is 0.0750. The first-order chi connectivity index (χ1) is 11.6. The third kappa shape index (κ3) is 4.63. The Hall–Kier alpha value is -1.27. The number of hydrogen-bond donors (Lipinski definition) is 1. The third-order valence-electron chi connectivity index (χ3n) is 3.70. The quantitative estimate of drug-likeness (QED) is 0.763. The molecule has 1 amide bonds. The summed E-state index contributed by atoms with van der Waals surface area (Å²) in [6.45, 7) is 1.30. The third-order valence-corrected chi connectivity index (χ3v) is 5.34. The lowest BCUT2D eigenvalue weighted by Crippen LogP contribution is -2.28. The highest BCUT2D eigenvalue weighted by Crippen LogP contribution is 2.32. The van der Waals surface area contributed by atoms with E-state index in [-0.39, 0.29) is 11.8 Å². The van der Waals surface area contributed by atoms with Gasteiger partial charge in [-0.05, 0) is 37.1 Å². The van der Waals surface area contributed by atoms with E-state index in [9.17, 15) is 4.79 Å². The first kappa shape index (κ1) is 17.5. The van der Waals surface area contributed by atoms with Crippen LogP contribution in [0.4, 0.5) is 5.69 Å². The molecule has 3 rings (SSSR count). The molecule has 2 heterocycles. The molecule has 0 radical (unpaired) electrons. The van der Waals surface area contributed by atoms with Crippen molar-refractivity contribution in [2.45, 2.75) is 22.6 Å². The van der Waals surface area contributed by atoms with E-state index in [0.717, 1.165) is 28.3 Å². The van der Waals surface area contributed by atoms with Gasteiger partial charge >= 0.3 is 0 Å². The van der Waals surface area contributed by atoms with Crippen LogP contribution >= 0.6 is 35.0 Å². The van der Waals surface area contributed by atoms with E-state index < -0.39 is 0 Å². The van der Waals surface area contributed by atoms with Crippen molar-refractivity contribution >= 4 is 46.6 Å². The minimum absolute atomic E-state index is 0.0225. The van der Waals surface area contributed by atoms with Crippen LogP contribution in [0.15, 0.2) is 46.3 Å². The summed E-state index contributed by atoms with van der Waals surface area (Å²) in [6.07, 6.45) is 3.22. The molecule has 0 atom stereocenters. The maximum Gasteiger partial charge on any atom is 0.227 e. The van der Waals surface area contributed by atoms with E-state index >= 15 is 0 Å². The molecule has 1 aliphatic heterocycles. The summed E-state index contributed by atoms with van der Waals surface area (Å²) < 4.78 is 5.29. The Balaban J connectivity index is 1.67. The Morgan fingerprint density at radius 3 is 2.75 bits per heavy atom. The zero-order valence-electron chi connectivity index (χ0n) is 12.8. The number of carbonyl (C=O) groups is 1. The van der Waals surface area contributed by atoms with Crippen molar-refractivity contribution in [2.75, 3.05) is 18.5 Å². The van der Waals surface area contributed by atoms with Crippen LogP contribution in [0.1, 0.15) is 12.8 Å². The highest BCUT2D eigenvalue weighted by Gasteiger charge is 2.21. The average Bonchev–Trinajstić information content (AvgIpc) is 2.59. The Morgan fingerprint density at radius 1 is 1.21 bits per heavy atom. The first-order valence-electron chi connectivity index (χ1n) is 7.59. The molecule has 7 heteroatoms. The minimum Gasteiger partial charge on any atom is -0.381 e. The second kappa shape index (κ2) is 8.21. The number of pyridine rings is 1. The summed E-state index contributed by atoms with van der Waals surface area (Å²) in [5, 5.41) is 3.70. The van der Waals surface area contributed by atoms with Gasteiger partial charge in [0.2, 0.25) is 5.91 Å². The van der Waals surface area contributed by atoms with Crippen LogP contribution in [0, 0.1) is 5.92 Å². The molecule has 24 heavy (non-hydrogen) atoms. The minimum atomic E-state index is 0.0225. The topological polar surface area (TPSA) is 51.2 Å². The van der Waals surface area contributed by atoms with Gasteiger partial charge in [0.15, 0.2) is 0 Å². The lowest BCUT2D eigenvalue weighted by atomic mass is 9.99. The maximum atomic E-state index is 12.3. The normalized spacial score (nSPS) is 15.2. The van der Waals surface area contributed by atoms with Crippen molar-refractivity contribution in [2.24, 2.45) is 5.92 Å². The molecule has 1 aromatic heterocycles. The molecule has 0 unspecified atom stereocenters. The van der Waals surface area contributed by atoms with Gasteiger partial charge in [0, 0.05) is 40.8 Å². The standard InChI is InChI=1S/C17H16Cl2N2O2S/c18-15-9-14(10-20-16(15)19)24-13-3-1-2-12(8-13)21-17(22)11-4-6-23-7-5-11/h1-3,8-11H,4-7H2,(H,21,22). The van der Waals surface area contributed by atoms with E-state index in [4.69, 9.17) is 27.9 Å². The average molecular weight is 383 g/mol. The molecule has 1 fully saturated rings. The number of aromatic nitrogens is 1. The van der Waals surface area contributed by atoms with E-state index in [0.29, 0.717) is 23.4 Å². The lowest BCUT2D eigenvalue weighted by molar-refractivity contribution is -0.122. The van der Waals surface area contributed by atoms with Crippen LogP contribution in [-0.2, 0) is 9.53 Å². The SMILES string of the molecule is O=C(Nc1cccc(Sc2cnc(Cl)c(Cl)c2)c1)C1CCOCC1. The van der Waals surface area contributed by atoms with E-state index in [2.05, 4.69) is 10.3 Å². The molecule has 0 aliphatic carbocycles. The summed E-state index contributed by atoms with van der Waals surface area (Å²) >= 11 is 13.3. The predicted molar refractivity (Wildman–Crippen MR) is 97.0 cm³/mol. The Kier molecular flexibility index (Phi) is 6.00. The molecule has 0 spiro atoms. The van der Waals surface area contributed by atoms with E-state index in [1.54, 1.807) is 12.3 Å². The van der Waals surface area contributed by atoms with Gasteiger partial charge in [0.25, 0.3) is 0 Å². The molecule has 126 valence electrons. The summed E-state index contributed by atoms with van der Waals surface area (Å²) in [5.41, 5.74) is 0.782. The van der Waals surface area contributed by atoms with Crippen LogP contribution < -0.4 is 5.32 Å². The molecule has 1 aliphatic rings. The van der Waals surface area contributed by atoms with Crippen molar-refractivity contribution in [3.8, 4) is 0 Å². The number of benzene rings is 1. The Morgan fingerprint density at radius 2 is 2.00 bits per heavy atom. The number of anilines is 1. The van der Waals surface area contributed by atoms with Crippen molar-refractivity contribution in [3.05, 3.63) is 46.7 Å². The van der Waals surface area contributed by atoms with Gasteiger partial charge in [-0.15, -0.1) is 0 Å². The number of halogens is 2. The van der Waals surface area contributed by atoms with Crippen LogP contribution in [0.2, 0.25) is 10.2 Å². The molecule has 1 N–H and O–H groups in total. The van der Waals surface area contributed by atoms with Crippen molar-refractivity contribution in [1.29, 1.82) is 0 Å². The van der Waals surface area contributed by atoms with Gasteiger partial charge < -0.3 is 10.1 Å². The molecule has 4 nitrogen and oxygen atoms in total. The van der Waals surface area contributed by atoms with Crippen LogP contribution in [0.25, 0.3) is 0 Å². The largest absolute Gasteiger partial charge is 0.381 e. The second-order valence-electron chi connectivity index (χ2n) is 5.45. The molecular weight excluding hydrogens is 367 g/mol. The van der Waals surface area contributed by atoms with Crippen molar-refractivity contribution in [3.63, 3.8) is 0 Å². The van der Waals surface area contributed by atoms with Gasteiger partial charge in [0.05, 0.1) is 5.02 Å². The summed E-state index contributed by atoms with van der Waals surface area (Å²) in [7, 11) is 0. The highest BCUT2D eigenvalue weighted by molar-refractivity contribution is 7.99. The van der Waals surface area contributed by atoms with Crippen LogP contribution in [-0.4, -0.2) is 24.1 Å². The molecule has 1 aromatic carbocycles. The second-order valence-corrected chi connectivity index (χ2v) is 7.36. The zero-order chi connectivity index (χ0) is 16.9. The molecule has 1 saturated heterocycles. The number of hydrogen-bond acceptors (Lipinski definition) is 4. The number of rotatable bonds is 4. The monoisotopic (exact) mass is 382 g/mol. The van der Waals surface area contributed by atoms with Crippen molar-refractivity contribution < 1.29 is 9.53 Å². The zero-order valence-corrected chi connectivity index (χ0v) is 15.1. The van der Waals surface area contributed by atoms with Crippen LogP contribution in [0.5, 0.6) is 0 Å². The Bertz CT molecular complexity index is 736. The molecular formula is C17H16Cl2N2O2S. The fourth-order valence-electron chi connectivity index (χ4n) is 2.44. The van der Waals surface area contributed by atoms with Gasteiger partial charge in [-0.3, -0.25) is 4.79 Å². The number of ether oxygens (including phenoxy) is 1. The summed E-state index contributed by atoms with van der Waals surface area (Å²) in [6, 6.07) is 9.47. The van der Waals surface area contributed by atoms with Gasteiger partial charge in [-0.2, -0.15) is 0 Å². The first-order valence-corrected chi connectivity index (χ1v) is 9.16. The maximum absolute atomic E-state index is 12.3. The molecule has 2 aromatic rings. The summed E-state index contributed by atoms with van der Waals surface area (Å²) in [4.78, 5) is 18.2. The molecule has 0 saturated carbocycles. The molecule has 0 bridgehead atoms. The van der Waals surface area contributed by atoms with Gasteiger partial charge in [-0.1, -0.05) is 41.0 Å². The number of nitrogens with zero attached hydrogens (tertiary/aromatic N) is 1. The number of amides is 1. The fourth-order valence-corrected chi connectivity index (χ4v) is 3.66. The van der Waals surface area contributed by atoms with E-state index in [1.807, 2.05) is 24.3 Å². The fraction of sp³-hybridized carbons (Fsp3) is 0.294. The predicted octanol–water partition coefficient (Wildman–Crippen LogP) is 4.90.